The van der Waals surface area contributed by atoms with Crippen LogP contribution in [0.5, 0.6) is 0 Å². The summed E-state index contributed by atoms with van der Waals surface area (Å²) in [4.78, 5) is 37.5. The van der Waals surface area contributed by atoms with Crippen molar-refractivity contribution in [2.24, 2.45) is 0 Å². The number of hydrogen-bond donors (Lipinski definition) is 2. The predicted molar refractivity (Wildman–Crippen MR) is 93.6 cm³/mol. The lowest BCUT2D eigenvalue weighted by Crippen LogP contribution is -2.61. The first-order chi connectivity index (χ1) is 12.0. The van der Waals surface area contributed by atoms with Gasteiger partial charge < -0.3 is 10.4 Å². The molecule has 2 unspecified atom stereocenters. The summed E-state index contributed by atoms with van der Waals surface area (Å²) in [7, 11) is 0. The van der Waals surface area contributed by atoms with Crippen molar-refractivity contribution in [2.45, 2.75) is 31.8 Å². The summed E-state index contributed by atoms with van der Waals surface area (Å²) < 4.78 is 1.80. The molecule has 2 aliphatic rings. The van der Waals surface area contributed by atoms with E-state index in [1.165, 1.54) is 23.9 Å². The van der Waals surface area contributed by atoms with Crippen LogP contribution in [0.25, 0.3) is 0 Å². The molecule has 1 aromatic rings. The minimum atomic E-state index is -1.08. The first-order valence-electron chi connectivity index (χ1n) is 8.26. The van der Waals surface area contributed by atoms with E-state index >= 15 is 0 Å². The maximum atomic E-state index is 12.9. The molecule has 2 aliphatic heterocycles. The highest BCUT2D eigenvalue weighted by Gasteiger charge is 2.40. The maximum Gasteiger partial charge on any atom is 0.263 e. The number of carbonyl (C=O) groups is 3. The number of Topliss-reactive ketones (excluding diaryl/α,β-unsaturated/α-hetero) is 1. The van der Waals surface area contributed by atoms with Crippen molar-refractivity contribution in [3.8, 4) is 0 Å². The number of carbonyl (C=O) groups excluding carboxylic acids is 3. The normalized spacial score (nSPS) is 25.0. The van der Waals surface area contributed by atoms with Crippen molar-refractivity contribution >= 4 is 29.5 Å². The van der Waals surface area contributed by atoms with E-state index in [4.69, 9.17) is 0 Å². The van der Waals surface area contributed by atoms with Crippen molar-refractivity contribution < 1.29 is 19.5 Å². The van der Waals surface area contributed by atoms with Gasteiger partial charge in [0.1, 0.15) is 12.1 Å². The minimum Gasteiger partial charge on any atom is -0.394 e. The summed E-state index contributed by atoms with van der Waals surface area (Å²) in [6, 6.07) is 5.59. The first kappa shape index (κ1) is 17.9. The lowest BCUT2D eigenvalue weighted by Gasteiger charge is -2.43. The fourth-order valence-corrected chi connectivity index (χ4v) is 4.26. The molecule has 0 aromatic heterocycles. The third-order valence-corrected chi connectivity index (χ3v) is 5.56. The van der Waals surface area contributed by atoms with E-state index < -0.39 is 24.6 Å². The topological polar surface area (TPSA) is 90.0 Å². The zero-order valence-electron chi connectivity index (χ0n) is 14.0. The van der Waals surface area contributed by atoms with Crippen LogP contribution < -0.4 is 5.32 Å². The lowest BCUT2D eigenvalue weighted by atomic mass is 10.0. The molecule has 1 fully saturated rings. The number of benzene rings is 1. The van der Waals surface area contributed by atoms with E-state index in [0.717, 1.165) is 11.3 Å². The summed E-state index contributed by atoms with van der Waals surface area (Å²) in [6.45, 7) is 1.45. The van der Waals surface area contributed by atoms with Gasteiger partial charge in [-0.2, -0.15) is 4.41 Å². The van der Waals surface area contributed by atoms with Gasteiger partial charge in [0.2, 0.25) is 0 Å². The fourth-order valence-electron chi connectivity index (χ4n) is 3.18. The van der Waals surface area contributed by atoms with Crippen LogP contribution in [-0.4, -0.2) is 63.1 Å². The summed E-state index contributed by atoms with van der Waals surface area (Å²) in [5, 5.41) is 13.7. The second-order valence-electron chi connectivity index (χ2n) is 6.12. The Morgan fingerprint density at radius 3 is 2.84 bits per heavy atom. The zero-order chi connectivity index (χ0) is 18.0. The molecule has 8 heteroatoms. The number of aliphatic hydroxyl groups is 1. The second kappa shape index (κ2) is 7.55. The number of nitrogens with zero attached hydrogens (tertiary/aromatic N) is 2. The third kappa shape index (κ3) is 3.56. The molecule has 2 amide bonds. The molecule has 0 aliphatic carbocycles. The monoisotopic (exact) mass is 363 g/mol. The van der Waals surface area contributed by atoms with Crippen molar-refractivity contribution in [3.05, 3.63) is 35.4 Å². The van der Waals surface area contributed by atoms with E-state index in [1.54, 1.807) is 16.5 Å². The minimum absolute atomic E-state index is 0.0980. The van der Waals surface area contributed by atoms with Gasteiger partial charge in [0.05, 0.1) is 6.61 Å². The van der Waals surface area contributed by atoms with Crippen LogP contribution in [0, 0.1) is 0 Å². The summed E-state index contributed by atoms with van der Waals surface area (Å²) >= 11 is 1.49. The molecule has 2 atom stereocenters. The van der Waals surface area contributed by atoms with Gasteiger partial charge in [0.15, 0.2) is 5.78 Å². The van der Waals surface area contributed by atoms with Crippen LogP contribution in [0.4, 0.5) is 0 Å². The largest absolute Gasteiger partial charge is 0.394 e. The van der Waals surface area contributed by atoms with E-state index in [-0.39, 0.29) is 11.7 Å². The van der Waals surface area contributed by atoms with Crippen LogP contribution >= 0.6 is 11.9 Å². The number of fused-ring (bicyclic) bond motifs is 2. The van der Waals surface area contributed by atoms with Gasteiger partial charge in [0.25, 0.3) is 11.8 Å². The molecule has 0 saturated carbocycles. The number of hydrogen-bond acceptors (Lipinski definition) is 6. The number of aliphatic hydroxyl groups excluding tert-OH is 1. The van der Waals surface area contributed by atoms with Crippen LogP contribution in [0.1, 0.15) is 29.3 Å². The van der Waals surface area contributed by atoms with Gasteiger partial charge in [-0.3, -0.25) is 19.4 Å². The van der Waals surface area contributed by atoms with Gasteiger partial charge in [-0.15, -0.1) is 0 Å². The van der Waals surface area contributed by atoms with Crippen LogP contribution in [0.2, 0.25) is 0 Å². The average molecular weight is 363 g/mol. The summed E-state index contributed by atoms with van der Waals surface area (Å²) in [5.41, 5.74) is 1.38. The standard InChI is InChI=1S/C17H21N3O4S/c1-11(22)15-7-9-25-19-8-6-12-4-2-3-5-13(12)16(23)18-14(10-21)17(24)20(15)19/h2-5,14-15,21H,6-10H2,1H3,(H,18,23). The highest BCUT2D eigenvalue weighted by atomic mass is 32.2. The maximum absolute atomic E-state index is 12.9. The second-order valence-corrected chi connectivity index (χ2v) is 7.21. The van der Waals surface area contributed by atoms with E-state index in [9.17, 15) is 19.5 Å². The number of ketones is 1. The Morgan fingerprint density at radius 2 is 2.12 bits per heavy atom. The van der Waals surface area contributed by atoms with E-state index in [2.05, 4.69) is 5.32 Å². The van der Waals surface area contributed by atoms with Crippen LogP contribution in [0.15, 0.2) is 24.3 Å². The quantitative estimate of drug-likeness (QED) is 0.739. The third-order valence-electron chi connectivity index (χ3n) is 4.48. The Kier molecular flexibility index (Phi) is 5.41. The Balaban J connectivity index is 2.00. The van der Waals surface area contributed by atoms with Crippen LogP contribution in [0.3, 0.4) is 0 Å². The molecule has 134 valence electrons. The molecule has 2 heterocycles. The van der Waals surface area contributed by atoms with Gasteiger partial charge in [-0.25, -0.2) is 0 Å². The Bertz CT molecular complexity index is 696. The van der Waals surface area contributed by atoms with Gasteiger partial charge in [0, 0.05) is 17.9 Å². The van der Waals surface area contributed by atoms with Crippen LogP contribution in [-0.2, 0) is 16.0 Å². The summed E-state index contributed by atoms with van der Waals surface area (Å²) in [5.74, 6) is -0.200. The lowest BCUT2D eigenvalue weighted by molar-refractivity contribution is -0.154. The van der Waals surface area contributed by atoms with Crippen molar-refractivity contribution in [2.75, 3.05) is 18.9 Å². The molecule has 3 rings (SSSR count). The van der Waals surface area contributed by atoms with Crippen molar-refractivity contribution in [1.29, 1.82) is 0 Å². The predicted octanol–water partition coefficient (Wildman–Crippen LogP) is 0.388. The Hall–Kier alpha value is -1.90. The molecule has 0 bridgehead atoms. The Morgan fingerprint density at radius 1 is 1.36 bits per heavy atom. The van der Waals surface area contributed by atoms with Crippen molar-refractivity contribution in [3.63, 3.8) is 0 Å². The van der Waals surface area contributed by atoms with E-state index in [1.807, 2.05) is 12.1 Å². The van der Waals surface area contributed by atoms with Gasteiger partial charge in [-0.1, -0.05) is 30.1 Å². The molecular formula is C17H21N3O4S. The highest BCUT2D eigenvalue weighted by molar-refractivity contribution is 7.97. The summed E-state index contributed by atoms with van der Waals surface area (Å²) in [6.07, 6.45) is 1.14. The van der Waals surface area contributed by atoms with Crippen molar-refractivity contribution in [1.82, 2.24) is 14.7 Å². The molecule has 1 saturated heterocycles. The molecule has 0 radical (unpaired) electrons. The number of hydrazine groups is 1. The fraction of sp³-hybridized carbons (Fsp3) is 0.471. The SMILES string of the molecule is CC(=O)C1CCSN2CCc3ccccc3C(=O)NC(CO)C(=O)N12. The number of rotatable bonds is 2. The number of nitrogens with one attached hydrogen (secondary N) is 1. The van der Waals surface area contributed by atoms with Gasteiger partial charge in [-0.05, 0) is 31.4 Å². The zero-order valence-corrected chi connectivity index (χ0v) is 14.8. The molecule has 2 N–H and O–H groups in total. The smallest absolute Gasteiger partial charge is 0.263 e. The molecular weight excluding hydrogens is 342 g/mol. The van der Waals surface area contributed by atoms with E-state index in [0.29, 0.717) is 24.9 Å². The number of amides is 2. The first-order valence-corrected chi connectivity index (χ1v) is 9.20. The van der Waals surface area contributed by atoms with Gasteiger partial charge >= 0.3 is 0 Å². The molecule has 7 nitrogen and oxygen atoms in total. The highest BCUT2D eigenvalue weighted by Crippen LogP contribution is 2.28. The Labute approximate surface area is 150 Å². The average Bonchev–Trinajstić information content (AvgIpc) is 2.63. The molecule has 25 heavy (non-hydrogen) atoms. The molecule has 0 spiro atoms. The molecule has 1 aromatic carbocycles.